The number of halogens is 3. The quantitative estimate of drug-likeness (QED) is 0.471. The van der Waals surface area contributed by atoms with Gasteiger partial charge in [-0.05, 0) is 6.07 Å². The Labute approximate surface area is 112 Å². The summed E-state index contributed by atoms with van der Waals surface area (Å²) < 4.78 is 31.8. The highest BCUT2D eigenvalue weighted by atomic mass is 35.5. The molecule has 7 heteroatoms. The fourth-order valence-electron chi connectivity index (χ4n) is 1.88. The topological polar surface area (TPSA) is 46.6 Å². The minimum Gasteiger partial charge on any atom is -0.378 e. The van der Waals surface area contributed by atoms with E-state index in [1.165, 1.54) is 0 Å². The summed E-state index contributed by atoms with van der Waals surface area (Å²) >= 11 is 5.41. The maximum absolute atomic E-state index is 13.7. The molecule has 0 atom stereocenters. The lowest BCUT2D eigenvalue weighted by atomic mass is 10.1. The monoisotopic (exact) mass is 289 g/mol. The summed E-state index contributed by atoms with van der Waals surface area (Å²) in [5.74, 6) is -3.33. The van der Waals surface area contributed by atoms with Crippen LogP contribution in [-0.2, 0) is 9.53 Å². The van der Waals surface area contributed by atoms with Crippen LogP contribution in [0.1, 0.15) is 10.4 Å². The number of alkyl halides is 1. The van der Waals surface area contributed by atoms with E-state index in [-0.39, 0.29) is 31.0 Å². The lowest BCUT2D eigenvalue weighted by Gasteiger charge is -2.16. The van der Waals surface area contributed by atoms with Gasteiger partial charge in [0.1, 0.15) is 5.82 Å². The minimum atomic E-state index is -0.938. The first-order chi connectivity index (χ1) is 9.06. The van der Waals surface area contributed by atoms with Gasteiger partial charge in [0.05, 0.1) is 24.5 Å². The van der Waals surface area contributed by atoms with E-state index in [4.69, 9.17) is 16.3 Å². The van der Waals surface area contributed by atoms with Crippen molar-refractivity contribution >= 4 is 29.0 Å². The molecule has 0 bridgehead atoms. The molecular formula is C12H10ClF2NO3. The molecule has 0 aliphatic carbocycles. The highest BCUT2D eigenvalue weighted by Gasteiger charge is 2.38. The van der Waals surface area contributed by atoms with Gasteiger partial charge in [-0.1, -0.05) is 0 Å². The number of anilines is 1. The maximum atomic E-state index is 13.7. The molecule has 0 spiro atoms. The number of amides is 1. The summed E-state index contributed by atoms with van der Waals surface area (Å²) in [6.07, 6.45) is 0. The molecule has 1 aliphatic rings. The largest absolute Gasteiger partial charge is 0.378 e. The fourth-order valence-corrected chi connectivity index (χ4v) is 1.99. The second-order valence-corrected chi connectivity index (χ2v) is 4.25. The Morgan fingerprint density at radius 3 is 2.63 bits per heavy atom. The van der Waals surface area contributed by atoms with Crippen molar-refractivity contribution in [2.24, 2.45) is 0 Å². The minimum absolute atomic E-state index is 0.0109. The molecule has 19 heavy (non-hydrogen) atoms. The molecule has 0 N–H and O–H groups in total. The van der Waals surface area contributed by atoms with Crippen LogP contribution in [0.25, 0.3) is 0 Å². The first-order valence-electron chi connectivity index (χ1n) is 5.55. The number of carbonyl (C=O) groups excluding carboxylic acids is 2. The maximum Gasteiger partial charge on any atom is 0.299 e. The van der Waals surface area contributed by atoms with Crippen LogP contribution in [0.2, 0.25) is 0 Å². The van der Waals surface area contributed by atoms with Crippen molar-refractivity contribution in [1.82, 2.24) is 0 Å². The summed E-state index contributed by atoms with van der Waals surface area (Å²) in [4.78, 5) is 24.3. The van der Waals surface area contributed by atoms with Crippen LogP contribution < -0.4 is 4.90 Å². The molecule has 2 rings (SSSR count). The molecule has 1 aliphatic heterocycles. The highest BCUT2D eigenvalue weighted by molar-refractivity contribution is 6.52. The lowest BCUT2D eigenvalue weighted by molar-refractivity contribution is -0.114. The van der Waals surface area contributed by atoms with E-state index in [1.807, 2.05) is 0 Å². The number of rotatable bonds is 5. The standard InChI is InChI=1S/C12H10ClF2NO3/c13-1-3-19-4-2-16-10-8(11(17)12(16)18)5-7(14)6-9(10)15/h5-6H,1-4H2. The predicted molar refractivity (Wildman–Crippen MR) is 64.6 cm³/mol. The Morgan fingerprint density at radius 2 is 1.95 bits per heavy atom. The van der Waals surface area contributed by atoms with Gasteiger partial charge in [0.25, 0.3) is 11.7 Å². The van der Waals surface area contributed by atoms with Gasteiger partial charge in [0.2, 0.25) is 0 Å². The summed E-state index contributed by atoms with van der Waals surface area (Å²) in [5.41, 5.74) is -0.439. The molecule has 0 saturated heterocycles. The van der Waals surface area contributed by atoms with Gasteiger partial charge in [-0.25, -0.2) is 8.78 Å². The Bertz CT molecular complexity index is 536. The number of ether oxygens (including phenoxy) is 1. The zero-order valence-electron chi connectivity index (χ0n) is 9.79. The first-order valence-corrected chi connectivity index (χ1v) is 6.08. The number of nitrogens with zero attached hydrogens (tertiary/aromatic N) is 1. The van der Waals surface area contributed by atoms with Crippen molar-refractivity contribution in [3.05, 3.63) is 29.3 Å². The smallest absolute Gasteiger partial charge is 0.299 e. The summed E-state index contributed by atoms with van der Waals surface area (Å²) in [7, 11) is 0. The molecule has 4 nitrogen and oxygen atoms in total. The normalized spacial score (nSPS) is 14.2. The average molecular weight is 290 g/mol. The number of hydrogen-bond acceptors (Lipinski definition) is 3. The molecule has 0 unspecified atom stereocenters. The second-order valence-electron chi connectivity index (χ2n) is 3.87. The van der Waals surface area contributed by atoms with Crippen molar-refractivity contribution in [3.63, 3.8) is 0 Å². The fraction of sp³-hybridized carbons (Fsp3) is 0.333. The Hall–Kier alpha value is -1.53. The van der Waals surface area contributed by atoms with Crippen molar-refractivity contribution in [2.75, 3.05) is 30.5 Å². The number of benzene rings is 1. The van der Waals surface area contributed by atoms with E-state index in [0.717, 1.165) is 11.0 Å². The number of ketones is 1. The second kappa shape index (κ2) is 5.63. The van der Waals surface area contributed by atoms with Gasteiger partial charge >= 0.3 is 0 Å². The number of fused-ring (bicyclic) bond motifs is 1. The highest BCUT2D eigenvalue weighted by Crippen LogP contribution is 2.32. The molecule has 0 aromatic heterocycles. The zero-order chi connectivity index (χ0) is 14.0. The first kappa shape index (κ1) is 13.9. The van der Waals surface area contributed by atoms with Crippen LogP contribution in [0.15, 0.2) is 12.1 Å². The average Bonchev–Trinajstić information content (AvgIpc) is 2.60. The van der Waals surface area contributed by atoms with Crippen LogP contribution in [0.5, 0.6) is 0 Å². The van der Waals surface area contributed by atoms with Crippen LogP contribution >= 0.6 is 11.6 Å². The van der Waals surface area contributed by atoms with Gasteiger partial charge in [0, 0.05) is 18.5 Å². The number of carbonyl (C=O) groups is 2. The van der Waals surface area contributed by atoms with E-state index in [9.17, 15) is 18.4 Å². The molecule has 102 valence electrons. The molecule has 1 heterocycles. The van der Waals surface area contributed by atoms with Gasteiger partial charge in [-0.2, -0.15) is 0 Å². The number of hydrogen-bond donors (Lipinski definition) is 0. The van der Waals surface area contributed by atoms with E-state index < -0.39 is 23.3 Å². The third kappa shape index (κ3) is 2.59. The van der Waals surface area contributed by atoms with Crippen LogP contribution in [0.3, 0.4) is 0 Å². The van der Waals surface area contributed by atoms with Crippen molar-refractivity contribution < 1.29 is 23.1 Å². The summed E-state index contributed by atoms with van der Waals surface area (Å²) in [5, 5.41) is 0. The van der Waals surface area contributed by atoms with Gasteiger partial charge in [-0.3, -0.25) is 14.5 Å². The van der Waals surface area contributed by atoms with Gasteiger partial charge in [0.15, 0.2) is 5.82 Å². The predicted octanol–water partition coefficient (Wildman–Crippen LogP) is 1.75. The van der Waals surface area contributed by atoms with E-state index >= 15 is 0 Å². The molecule has 1 aromatic rings. The van der Waals surface area contributed by atoms with Crippen LogP contribution in [-0.4, -0.2) is 37.3 Å². The third-order valence-electron chi connectivity index (χ3n) is 2.66. The van der Waals surface area contributed by atoms with Crippen molar-refractivity contribution in [3.8, 4) is 0 Å². The summed E-state index contributed by atoms with van der Waals surface area (Å²) in [6.45, 7) is 0.412. The summed E-state index contributed by atoms with van der Waals surface area (Å²) in [6, 6.07) is 1.50. The Morgan fingerprint density at radius 1 is 1.21 bits per heavy atom. The lowest BCUT2D eigenvalue weighted by Crippen LogP contribution is -2.33. The molecular weight excluding hydrogens is 280 g/mol. The number of Topliss-reactive ketones (excluding diaryl/α,β-unsaturated/α-hetero) is 1. The SMILES string of the molecule is O=C1C(=O)N(CCOCCCl)c2c(F)cc(F)cc21. The Kier molecular flexibility index (Phi) is 4.11. The van der Waals surface area contributed by atoms with E-state index in [2.05, 4.69) is 0 Å². The van der Waals surface area contributed by atoms with Gasteiger partial charge < -0.3 is 4.74 Å². The molecule has 1 amide bonds. The van der Waals surface area contributed by atoms with Crippen molar-refractivity contribution in [2.45, 2.75) is 0 Å². The third-order valence-corrected chi connectivity index (χ3v) is 2.82. The molecule has 0 saturated carbocycles. The zero-order valence-corrected chi connectivity index (χ0v) is 10.5. The molecule has 1 aromatic carbocycles. The van der Waals surface area contributed by atoms with Gasteiger partial charge in [-0.15, -0.1) is 11.6 Å². The van der Waals surface area contributed by atoms with E-state index in [1.54, 1.807) is 0 Å². The Balaban J connectivity index is 2.23. The van der Waals surface area contributed by atoms with Crippen LogP contribution in [0.4, 0.5) is 14.5 Å². The van der Waals surface area contributed by atoms with Crippen molar-refractivity contribution in [1.29, 1.82) is 0 Å². The molecule has 0 fully saturated rings. The van der Waals surface area contributed by atoms with E-state index in [0.29, 0.717) is 11.9 Å². The van der Waals surface area contributed by atoms with Crippen LogP contribution in [0, 0.1) is 11.6 Å². The molecule has 0 radical (unpaired) electrons.